The van der Waals surface area contributed by atoms with E-state index in [4.69, 9.17) is 0 Å². The molecule has 1 heterocycles. The molecule has 0 unspecified atom stereocenters. The molecule has 0 aliphatic heterocycles. The van der Waals surface area contributed by atoms with E-state index in [1.807, 2.05) is 55.6 Å². The van der Waals surface area contributed by atoms with Gasteiger partial charge in [-0.1, -0.05) is 54.6 Å². The van der Waals surface area contributed by atoms with Gasteiger partial charge in [0.2, 0.25) is 0 Å². The molecule has 3 rings (SSSR count). The van der Waals surface area contributed by atoms with Gasteiger partial charge in [0.05, 0.1) is 5.69 Å². The molecular weight excluding hydrogens is 312 g/mol. The maximum absolute atomic E-state index is 12.1. The van der Waals surface area contributed by atoms with Crippen molar-refractivity contribution in [3.05, 3.63) is 71.8 Å². The highest BCUT2D eigenvalue weighted by molar-refractivity contribution is 5.88. The van der Waals surface area contributed by atoms with Crippen molar-refractivity contribution in [2.24, 2.45) is 7.05 Å². The van der Waals surface area contributed by atoms with E-state index in [-0.39, 0.29) is 6.03 Å². The van der Waals surface area contributed by atoms with Crippen LogP contribution < -0.4 is 10.6 Å². The normalized spacial score (nSPS) is 10.5. The molecule has 0 aliphatic rings. The Bertz CT molecular complexity index is 855. The molecule has 0 radical (unpaired) electrons. The van der Waals surface area contributed by atoms with Gasteiger partial charge in [-0.05, 0) is 30.0 Å². The van der Waals surface area contributed by atoms with Crippen LogP contribution in [0.5, 0.6) is 0 Å². The Morgan fingerprint density at radius 3 is 2.56 bits per heavy atom. The minimum atomic E-state index is -0.244. The monoisotopic (exact) mass is 334 g/mol. The number of hydrogen-bond donors (Lipinski definition) is 2. The highest BCUT2D eigenvalue weighted by atomic mass is 16.2. The van der Waals surface area contributed by atoms with Crippen LogP contribution >= 0.6 is 0 Å². The number of aryl methyl sites for hydroxylation is 2. The molecule has 2 amide bonds. The van der Waals surface area contributed by atoms with Gasteiger partial charge in [-0.25, -0.2) is 4.79 Å². The van der Waals surface area contributed by atoms with E-state index in [2.05, 4.69) is 34.8 Å². The van der Waals surface area contributed by atoms with Gasteiger partial charge in [-0.2, -0.15) is 5.10 Å². The number of hydrogen-bond acceptors (Lipinski definition) is 2. The molecule has 0 spiro atoms. The van der Waals surface area contributed by atoms with Crippen LogP contribution in [0.1, 0.15) is 11.1 Å². The Kier molecular flexibility index (Phi) is 5.14. The van der Waals surface area contributed by atoms with Crippen LogP contribution in [0.4, 0.5) is 10.6 Å². The van der Waals surface area contributed by atoms with E-state index < -0.39 is 0 Å². The molecular formula is C20H22N4O. The van der Waals surface area contributed by atoms with E-state index in [1.165, 1.54) is 11.1 Å². The second-order valence-corrected chi connectivity index (χ2v) is 5.96. The zero-order valence-corrected chi connectivity index (χ0v) is 14.5. The maximum Gasteiger partial charge on any atom is 0.320 e. The first-order chi connectivity index (χ1) is 12.1. The lowest BCUT2D eigenvalue weighted by Crippen LogP contribution is -2.30. The van der Waals surface area contributed by atoms with E-state index in [1.54, 1.807) is 4.68 Å². The average Bonchev–Trinajstić information content (AvgIpc) is 2.97. The van der Waals surface area contributed by atoms with Crippen molar-refractivity contribution in [1.29, 1.82) is 0 Å². The van der Waals surface area contributed by atoms with Crippen LogP contribution in [0, 0.1) is 6.92 Å². The molecule has 0 saturated carbocycles. The molecule has 1 aromatic heterocycles. The topological polar surface area (TPSA) is 59.0 Å². The Balaban J connectivity index is 1.56. The first-order valence-corrected chi connectivity index (χ1v) is 8.32. The summed E-state index contributed by atoms with van der Waals surface area (Å²) in [6.07, 6.45) is 0.803. The van der Waals surface area contributed by atoms with E-state index >= 15 is 0 Å². The van der Waals surface area contributed by atoms with E-state index in [0.717, 1.165) is 17.7 Å². The lowest BCUT2D eigenvalue weighted by molar-refractivity contribution is 0.252. The Morgan fingerprint density at radius 2 is 1.80 bits per heavy atom. The molecule has 25 heavy (non-hydrogen) atoms. The fourth-order valence-electron chi connectivity index (χ4n) is 2.77. The van der Waals surface area contributed by atoms with Crippen molar-refractivity contribution < 1.29 is 4.79 Å². The Hall–Kier alpha value is -3.08. The average molecular weight is 334 g/mol. The first-order valence-electron chi connectivity index (χ1n) is 8.32. The summed E-state index contributed by atoms with van der Waals surface area (Å²) in [4.78, 5) is 12.1. The van der Waals surface area contributed by atoms with Crippen LogP contribution in [0.2, 0.25) is 0 Å². The molecule has 0 saturated heterocycles. The highest BCUT2D eigenvalue weighted by Crippen LogP contribution is 2.21. The number of anilines is 1. The SMILES string of the molecule is Cc1ccccc1CCNC(=O)Nc1cc(-c2ccccc2)n(C)n1. The van der Waals surface area contributed by atoms with Gasteiger partial charge in [0.15, 0.2) is 5.82 Å². The summed E-state index contributed by atoms with van der Waals surface area (Å²) < 4.78 is 1.76. The van der Waals surface area contributed by atoms with Crippen molar-refractivity contribution in [3.63, 3.8) is 0 Å². The van der Waals surface area contributed by atoms with Gasteiger partial charge in [-0.15, -0.1) is 0 Å². The third kappa shape index (κ3) is 4.26. The van der Waals surface area contributed by atoms with Crippen LogP contribution in [0.15, 0.2) is 60.7 Å². The van der Waals surface area contributed by atoms with Gasteiger partial charge >= 0.3 is 6.03 Å². The molecule has 5 nitrogen and oxygen atoms in total. The van der Waals surface area contributed by atoms with Gasteiger partial charge in [0.1, 0.15) is 0 Å². The minimum absolute atomic E-state index is 0.244. The summed E-state index contributed by atoms with van der Waals surface area (Å²) in [5.41, 5.74) is 4.50. The molecule has 2 N–H and O–H groups in total. The second kappa shape index (κ2) is 7.66. The fourth-order valence-corrected chi connectivity index (χ4v) is 2.77. The lowest BCUT2D eigenvalue weighted by atomic mass is 10.1. The number of rotatable bonds is 5. The zero-order valence-electron chi connectivity index (χ0n) is 14.5. The Morgan fingerprint density at radius 1 is 1.08 bits per heavy atom. The van der Waals surface area contributed by atoms with Crippen LogP contribution in [-0.4, -0.2) is 22.4 Å². The van der Waals surface area contributed by atoms with E-state index in [0.29, 0.717) is 12.4 Å². The predicted molar refractivity (Wildman–Crippen MR) is 101 cm³/mol. The van der Waals surface area contributed by atoms with Crippen molar-refractivity contribution in [2.75, 3.05) is 11.9 Å². The highest BCUT2D eigenvalue weighted by Gasteiger charge is 2.09. The first kappa shape index (κ1) is 16.8. The quantitative estimate of drug-likeness (QED) is 0.746. The van der Waals surface area contributed by atoms with Crippen molar-refractivity contribution in [3.8, 4) is 11.3 Å². The number of nitrogens with one attached hydrogen (secondary N) is 2. The molecule has 0 aliphatic carbocycles. The number of amides is 2. The third-order valence-electron chi connectivity index (χ3n) is 4.13. The largest absolute Gasteiger partial charge is 0.337 e. The molecule has 3 aromatic rings. The number of nitrogens with zero attached hydrogens (tertiary/aromatic N) is 2. The van der Waals surface area contributed by atoms with Crippen LogP contribution in [0.25, 0.3) is 11.3 Å². The summed E-state index contributed by atoms with van der Waals surface area (Å²) in [5.74, 6) is 0.537. The van der Waals surface area contributed by atoms with Crippen LogP contribution in [-0.2, 0) is 13.5 Å². The van der Waals surface area contributed by atoms with Crippen molar-refractivity contribution in [2.45, 2.75) is 13.3 Å². The van der Waals surface area contributed by atoms with E-state index in [9.17, 15) is 4.79 Å². The summed E-state index contributed by atoms with van der Waals surface area (Å²) in [6, 6.07) is 19.8. The summed E-state index contributed by atoms with van der Waals surface area (Å²) >= 11 is 0. The fraction of sp³-hybridized carbons (Fsp3) is 0.200. The minimum Gasteiger partial charge on any atom is -0.337 e. The zero-order chi connectivity index (χ0) is 17.6. The third-order valence-corrected chi connectivity index (χ3v) is 4.13. The van der Waals surface area contributed by atoms with Gasteiger partial charge in [0.25, 0.3) is 0 Å². The second-order valence-electron chi connectivity index (χ2n) is 5.96. The molecule has 0 fully saturated rings. The molecule has 5 heteroatoms. The van der Waals surface area contributed by atoms with Gasteiger partial charge in [-0.3, -0.25) is 10.00 Å². The van der Waals surface area contributed by atoms with Crippen LogP contribution in [0.3, 0.4) is 0 Å². The number of urea groups is 1. The number of carbonyl (C=O) groups is 1. The molecule has 128 valence electrons. The smallest absolute Gasteiger partial charge is 0.320 e. The molecule has 2 aromatic carbocycles. The summed E-state index contributed by atoms with van der Waals surface area (Å²) in [7, 11) is 1.86. The number of benzene rings is 2. The molecule has 0 bridgehead atoms. The number of aromatic nitrogens is 2. The molecule has 0 atom stereocenters. The Labute approximate surface area is 147 Å². The predicted octanol–water partition coefficient (Wildman–Crippen LogP) is 3.76. The maximum atomic E-state index is 12.1. The standard InChI is InChI=1S/C20H22N4O/c1-15-8-6-7-9-16(15)12-13-21-20(25)22-19-14-18(24(2)23-19)17-10-4-3-5-11-17/h3-11,14H,12-13H2,1-2H3,(H2,21,22,23,25). The summed E-state index contributed by atoms with van der Waals surface area (Å²) in [6.45, 7) is 2.66. The van der Waals surface area contributed by atoms with Crippen molar-refractivity contribution in [1.82, 2.24) is 15.1 Å². The summed E-state index contributed by atoms with van der Waals surface area (Å²) in [5, 5.41) is 10.0. The van der Waals surface area contributed by atoms with Crippen molar-refractivity contribution >= 4 is 11.8 Å². The van der Waals surface area contributed by atoms with Gasteiger partial charge < -0.3 is 5.32 Å². The lowest BCUT2D eigenvalue weighted by Gasteiger charge is -2.07. The number of carbonyl (C=O) groups excluding carboxylic acids is 1. The van der Waals surface area contributed by atoms with Gasteiger partial charge in [0, 0.05) is 19.7 Å².